The summed E-state index contributed by atoms with van der Waals surface area (Å²) in [5.41, 5.74) is 0.369. The van der Waals surface area contributed by atoms with Crippen LogP contribution < -0.4 is 5.32 Å². The van der Waals surface area contributed by atoms with Crippen molar-refractivity contribution in [1.82, 2.24) is 5.32 Å². The molecule has 0 aliphatic heterocycles. The van der Waals surface area contributed by atoms with Crippen molar-refractivity contribution in [3.8, 4) is 0 Å². The standard InChI is InChI=1S/C12H25NO2/c1-7-15-10(14)8-13-9-12(5,6)11(2,3)4/h13H,7-9H2,1-6H3. The van der Waals surface area contributed by atoms with Crippen molar-refractivity contribution < 1.29 is 9.53 Å². The molecule has 0 atom stereocenters. The fraction of sp³-hybridized carbons (Fsp3) is 0.917. The van der Waals surface area contributed by atoms with E-state index in [1.165, 1.54) is 0 Å². The van der Waals surface area contributed by atoms with Crippen molar-refractivity contribution >= 4 is 5.97 Å². The van der Waals surface area contributed by atoms with Gasteiger partial charge in [0.15, 0.2) is 0 Å². The van der Waals surface area contributed by atoms with Gasteiger partial charge in [-0.3, -0.25) is 4.79 Å². The summed E-state index contributed by atoms with van der Waals surface area (Å²) < 4.78 is 4.84. The zero-order valence-corrected chi connectivity index (χ0v) is 10.9. The first-order valence-electron chi connectivity index (χ1n) is 5.57. The van der Waals surface area contributed by atoms with Gasteiger partial charge in [0.05, 0.1) is 13.2 Å². The van der Waals surface area contributed by atoms with Crippen molar-refractivity contribution in [3.63, 3.8) is 0 Å². The highest BCUT2D eigenvalue weighted by atomic mass is 16.5. The Bertz CT molecular complexity index is 204. The van der Waals surface area contributed by atoms with Gasteiger partial charge in [-0.25, -0.2) is 0 Å². The Balaban J connectivity index is 3.91. The van der Waals surface area contributed by atoms with Gasteiger partial charge in [0, 0.05) is 6.54 Å². The van der Waals surface area contributed by atoms with Crippen LogP contribution in [0.25, 0.3) is 0 Å². The molecule has 0 fully saturated rings. The maximum atomic E-state index is 11.1. The van der Waals surface area contributed by atoms with E-state index in [-0.39, 0.29) is 16.8 Å². The van der Waals surface area contributed by atoms with Gasteiger partial charge in [0.25, 0.3) is 0 Å². The van der Waals surface area contributed by atoms with E-state index in [0.717, 1.165) is 6.54 Å². The van der Waals surface area contributed by atoms with Crippen LogP contribution in [0.5, 0.6) is 0 Å². The minimum Gasteiger partial charge on any atom is -0.465 e. The Labute approximate surface area is 93.6 Å². The SMILES string of the molecule is CCOC(=O)CNCC(C)(C)C(C)(C)C. The summed E-state index contributed by atoms with van der Waals surface area (Å²) >= 11 is 0. The van der Waals surface area contributed by atoms with Crippen molar-refractivity contribution in [2.75, 3.05) is 19.7 Å². The molecule has 3 nitrogen and oxygen atoms in total. The van der Waals surface area contributed by atoms with Gasteiger partial charge in [0.2, 0.25) is 0 Å². The predicted molar refractivity (Wildman–Crippen MR) is 62.7 cm³/mol. The molecule has 15 heavy (non-hydrogen) atoms. The second-order valence-corrected chi connectivity index (χ2v) is 5.54. The Morgan fingerprint density at radius 1 is 1.20 bits per heavy atom. The second kappa shape index (κ2) is 5.50. The number of hydrogen-bond donors (Lipinski definition) is 1. The zero-order valence-electron chi connectivity index (χ0n) is 10.9. The molecule has 1 N–H and O–H groups in total. The normalized spacial score (nSPS) is 12.7. The van der Waals surface area contributed by atoms with Gasteiger partial charge in [-0.1, -0.05) is 34.6 Å². The van der Waals surface area contributed by atoms with Crippen LogP contribution in [-0.4, -0.2) is 25.7 Å². The summed E-state index contributed by atoms with van der Waals surface area (Å²) in [6, 6.07) is 0. The lowest BCUT2D eigenvalue weighted by atomic mass is 9.69. The largest absolute Gasteiger partial charge is 0.465 e. The molecule has 0 radical (unpaired) electrons. The number of esters is 1. The van der Waals surface area contributed by atoms with E-state index >= 15 is 0 Å². The molecular weight excluding hydrogens is 190 g/mol. The molecule has 90 valence electrons. The van der Waals surface area contributed by atoms with E-state index in [1.54, 1.807) is 0 Å². The van der Waals surface area contributed by atoms with Crippen LogP contribution in [0.4, 0.5) is 0 Å². The summed E-state index contributed by atoms with van der Waals surface area (Å²) in [5, 5.41) is 3.14. The third-order valence-corrected chi connectivity index (χ3v) is 3.17. The minimum atomic E-state index is -0.179. The Hall–Kier alpha value is -0.570. The number of nitrogens with one attached hydrogen (secondary N) is 1. The average Bonchev–Trinajstić information content (AvgIpc) is 2.01. The molecule has 0 aromatic carbocycles. The summed E-state index contributed by atoms with van der Waals surface area (Å²) in [5.74, 6) is -0.179. The molecule has 0 bridgehead atoms. The fourth-order valence-electron chi connectivity index (χ4n) is 0.954. The molecule has 0 heterocycles. The lowest BCUT2D eigenvalue weighted by Crippen LogP contribution is -2.41. The van der Waals surface area contributed by atoms with Crippen molar-refractivity contribution in [2.45, 2.75) is 41.5 Å². The van der Waals surface area contributed by atoms with Crippen molar-refractivity contribution in [2.24, 2.45) is 10.8 Å². The van der Waals surface area contributed by atoms with Gasteiger partial charge >= 0.3 is 5.97 Å². The highest BCUT2D eigenvalue weighted by Crippen LogP contribution is 2.36. The van der Waals surface area contributed by atoms with Gasteiger partial charge in [-0.15, -0.1) is 0 Å². The van der Waals surface area contributed by atoms with Crippen LogP contribution in [0, 0.1) is 10.8 Å². The van der Waals surface area contributed by atoms with E-state index < -0.39 is 0 Å². The first-order chi connectivity index (χ1) is 6.70. The molecule has 0 saturated carbocycles. The molecule has 0 saturated heterocycles. The molecule has 0 aliphatic rings. The number of ether oxygens (including phenoxy) is 1. The summed E-state index contributed by atoms with van der Waals surface area (Å²) in [7, 11) is 0. The lowest BCUT2D eigenvalue weighted by Gasteiger charge is -2.39. The van der Waals surface area contributed by atoms with Crippen LogP contribution in [0.1, 0.15) is 41.5 Å². The van der Waals surface area contributed by atoms with Crippen molar-refractivity contribution in [1.29, 1.82) is 0 Å². The third kappa shape index (κ3) is 5.17. The lowest BCUT2D eigenvalue weighted by molar-refractivity contribution is -0.142. The van der Waals surface area contributed by atoms with Gasteiger partial charge in [-0.2, -0.15) is 0 Å². The van der Waals surface area contributed by atoms with E-state index in [9.17, 15) is 4.79 Å². The average molecular weight is 215 g/mol. The van der Waals surface area contributed by atoms with E-state index in [2.05, 4.69) is 39.9 Å². The zero-order chi connectivity index (χ0) is 12.1. The number of rotatable bonds is 5. The molecule has 0 amide bonds. The predicted octanol–water partition coefficient (Wildman–Crippen LogP) is 2.21. The molecule has 3 heteroatoms. The fourth-order valence-corrected chi connectivity index (χ4v) is 0.954. The van der Waals surface area contributed by atoms with E-state index in [1.807, 2.05) is 6.92 Å². The second-order valence-electron chi connectivity index (χ2n) is 5.54. The van der Waals surface area contributed by atoms with Crippen LogP contribution in [0.15, 0.2) is 0 Å². The van der Waals surface area contributed by atoms with Crippen LogP contribution in [0.2, 0.25) is 0 Å². The highest BCUT2D eigenvalue weighted by molar-refractivity contribution is 5.71. The van der Waals surface area contributed by atoms with E-state index in [0.29, 0.717) is 13.2 Å². The van der Waals surface area contributed by atoms with Gasteiger partial charge < -0.3 is 10.1 Å². The Kier molecular flexibility index (Phi) is 5.29. The Morgan fingerprint density at radius 2 is 1.73 bits per heavy atom. The summed E-state index contributed by atoms with van der Waals surface area (Å²) in [4.78, 5) is 11.1. The maximum Gasteiger partial charge on any atom is 0.319 e. The summed E-state index contributed by atoms with van der Waals surface area (Å²) in [6.45, 7) is 14.4. The molecule has 0 aromatic heterocycles. The van der Waals surface area contributed by atoms with Crippen LogP contribution >= 0.6 is 0 Å². The summed E-state index contributed by atoms with van der Waals surface area (Å²) in [6.07, 6.45) is 0. The topological polar surface area (TPSA) is 38.3 Å². The number of carbonyl (C=O) groups is 1. The molecular formula is C12H25NO2. The van der Waals surface area contributed by atoms with E-state index in [4.69, 9.17) is 4.74 Å². The number of hydrogen-bond acceptors (Lipinski definition) is 3. The molecule has 0 unspecified atom stereocenters. The quantitative estimate of drug-likeness (QED) is 0.715. The maximum absolute atomic E-state index is 11.1. The Morgan fingerprint density at radius 3 is 2.13 bits per heavy atom. The highest BCUT2D eigenvalue weighted by Gasteiger charge is 2.32. The molecule has 0 spiro atoms. The number of carbonyl (C=O) groups excluding carboxylic acids is 1. The molecule has 0 aliphatic carbocycles. The molecule has 0 rings (SSSR count). The van der Waals surface area contributed by atoms with Gasteiger partial charge in [-0.05, 0) is 17.8 Å². The first-order valence-corrected chi connectivity index (χ1v) is 5.57. The molecule has 0 aromatic rings. The minimum absolute atomic E-state index is 0.152. The monoisotopic (exact) mass is 215 g/mol. The van der Waals surface area contributed by atoms with Gasteiger partial charge in [0.1, 0.15) is 0 Å². The van der Waals surface area contributed by atoms with Crippen LogP contribution in [0.3, 0.4) is 0 Å². The third-order valence-electron chi connectivity index (χ3n) is 3.17. The van der Waals surface area contributed by atoms with Crippen molar-refractivity contribution in [3.05, 3.63) is 0 Å². The smallest absolute Gasteiger partial charge is 0.319 e. The van der Waals surface area contributed by atoms with Crippen LogP contribution in [-0.2, 0) is 9.53 Å². The first kappa shape index (κ1) is 14.4.